The van der Waals surface area contributed by atoms with Crippen LogP contribution in [0.4, 0.5) is 0 Å². The molecule has 0 aliphatic heterocycles. The molecule has 21 heavy (non-hydrogen) atoms. The molecule has 4 nitrogen and oxygen atoms in total. The number of methoxy groups -OCH3 is 1. The smallest absolute Gasteiger partial charge is 0.205 e. The van der Waals surface area contributed by atoms with Crippen molar-refractivity contribution in [1.29, 1.82) is 0 Å². The van der Waals surface area contributed by atoms with Crippen LogP contribution >= 0.6 is 31.9 Å². The number of aryl methyl sites for hydroxylation is 1. The molecule has 0 atom stereocenters. The van der Waals surface area contributed by atoms with E-state index in [4.69, 9.17) is 4.74 Å². The first-order valence-corrected chi connectivity index (χ1v) is 7.92. The summed E-state index contributed by atoms with van der Waals surface area (Å²) in [5.41, 5.74) is 1.38. The average molecular weight is 414 g/mol. The number of benzene rings is 1. The molecule has 0 amide bonds. The molecular weight excluding hydrogens is 400 g/mol. The summed E-state index contributed by atoms with van der Waals surface area (Å²) in [6.07, 6.45) is 4.90. The van der Waals surface area contributed by atoms with E-state index in [0.29, 0.717) is 22.5 Å². The van der Waals surface area contributed by atoms with Gasteiger partial charge in [0.2, 0.25) is 5.78 Å². The van der Waals surface area contributed by atoms with E-state index < -0.39 is 0 Å². The highest BCUT2D eigenvalue weighted by molar-refractivity contribution is 9.10. The molecule has 2 rings (SSSR count). The highest BCUT2D eigenvalue weighted by atomic mass is 79.9. The third-order valence-corrected chi connectivity index (χ3v) is 4.01. The first-order chi connectivity index (χ1) is 10.1. The quantitative estimate of drug-likeness (QED) is 0.541. The Balaban J connectivity index is 2.31. The van der Waals surface area contributed by atoms with Gasteiger partial charge in [0.1, 0.15) is 11.4 Å². The number of carbonyl (C=O) groups excluding carboxylic acids is 1. The number of ether oxygens (including phenoxy) is 1. The minimum atomic E-state index is -0.108. The maximum absolute atomic E-state index is 12.3. The van der Waals surface area contributed by atoms with Crippen LogP contribution in [0.15, 0.2) is 39.4 Å². The minimum Gasteiger partial charge on any atom is -0.496 e. The van der Waals surface area contributed by atoms with Crippen LogP contribution in [0.2, 0.25) is 0 Å². The molecule has 0 unspecified atom stereocenters. The molecule has 1 aromatic heterocycles. The predicted molar refractivity (Wildman–Crippen MR) is 89.7 cm³/mol. The van der Waals surface area contributed by atoms with Crippen LogP contribution in [0.1, 0.15) is 23.0 Å². The lowest BCUT2D eigenvalue weighted by Crippen LogP contribution is -2.07. The zero-order valence-electron chi connectivity index (χ0n) is 11.6. The fourth-order valence-corrected chi connectivity index (χ4v) is 2.80. The maximum atomic E-state index is 12.3. The van der Waals surface area contributed by atoms with Crippen LogP contribution in [0.5, 0.6) is 5.75 Å². The molecule has 1 heterocycles. The fourth-order valence-electron chi connectivity index (χ4n) is 1.93. The Bertz CT molecular complexity index is 693. The molecule has 0 bridgehead atoms. The van der Waals surface area contributed by atoms with Gasteiger partial charge in [0.15, 0.2) is 0 Å². The summed E-state index contributed by atoms with van der Waals surface area (Å²) < 4.78 is 8.56. The van der Waals surface area contributed by atoms with Crippen molar-refractivity contribution in [2.24, 2.45) is 0 Å². The first kappa shape index (κ1) is 16.0. The Morgan fingerprint density at radius 2 is 2.19 bits per heavy atom. The summed E-state index contributed by atoms with van der Waals surface area (Å²) in [6, 6.07) is 5.63. The van der Waals surface area contributed by atoms with Crippen molar-refractivity contribution in [3.05, 3.63) is 50.7 Å². The van der Waals surface area contributed by atoms with Crippen molar-refractivity contribution in [1.82, 2.24) is 9.78 Å². The van der Waals surface area contributed by atoms with Crippen LogP contribution in [-0.4, -0.2) is 22.7 Å². The lowest BCUT2D eigenvalue weighted by Gasteiger charge is -2.05. The van der Waals surface area contributed by atoms with Crippen molar-refractivity contribution >= 4 is 43.7 Å². The first-order valence-electron chi connectivity index (χ1n) is 6.34. The summed E-state index contributed by atoms with van der Waals surface area (Å²) in [6.45, 7) is 2.58. The number of rotatable bonds is 5. The second kappa shape index (κ2) is 7.04. The number of halogens is 2. The Labute approximate surface area is 140 Å². The lowest BCUT2D eigenvalue weighted by molar-refractivity contribution is 0.103. The number of ketones is 1. The second-order valence-corrected chi connectivity index (χ2v) is 6.01. The van der Waals surface area contributed by atoms with Gasteiger partial charge >= 0.3 is 0 Å². The summed E-state index contributed by atoms with van der Waals surface area (Å²) in [5, 5.41) is 4.14. The second-order valence-electron chi connectivity index (χ2n) is 4.24. The summed E-state index contributed by atoms with van der Waals surface area (Å²) in [5.74, 6) is 0.605. The fraction of sp³-hybridized carbons (Fsp3) is 0.200. The van der Waals surface area contributed by atoms with Gasteiger partial charge in [0.25, 0.3) is 0 Å². The molecule has 6 heteroatoms. The van der Waals surface area contributed by atoms with Crippen LogP contribution in [0.25, 0.3) is 6.08 Å². The zero-order valence-corrected chi connectivity index (χ0v) is 14.8. The van der Waals surface area contributed by atoms with Crippen molar-refractivity contribution in [3.63, 3.8) is 0 Å². The zero-order chi connectivity index (χ0) is 15.4. The van der Waals surface area contributed by atoms with E-state index in [2.05, 4.69) is 37.0 Å². The molecule has 0 aliphatic carbocycles. The van der Waals surface area contributed by atoms with E-state index in [1.807, 2.05) is 25.1 Å². The van der Waals surface area contributed by atoms with Crippen molar-refractivity contribution in [3.8, 4) is 5.75 Å². The van der Waals surface area contributed by atoms with Crippen molar-refractivity contribution in [2.45, 2.75) is 13.5 Å². The summed E-state index contributed by atoms with van der Waals surface area (Å²) in [4.78, 5) is 12.3. The maximum Gasteiger partial charge on any atom is 0.205 e. The van der Waals surface area contributed by atoms with Crippen molar-refractivity contribution < 1.29 is 9.53 Å². The number of nitrogens with zero attached hydrogens (tertiary/aromatic N) is 2. The molecule has 0 saturated heterocycles. The predicted octanol–water partition coefficient (Wildman–Crippen LogP) is 4.33. The largest absolute Gasteiger partial charge is 0.496 e. The standard InChI is InChI=1S/C15H14Br2N2O2/c1-3-19-15(12(17)9-18-19)13(20)6-4-10-8-11(16)5-7-14(10)21-2/h4-9H,3H2,1-2H3/b6-4+. The van der Waals surface area contributed by atoms with Gasteiger partial charge in [0.05, 0.1) is 17.8 Å². The molecule has 0 radical (unpaired) electrons. The molecule has 0 spiro atoms. The summed E-state index contributed by atoms with van der Waals surface area (Å²) >= 11 is 6.76. The Kier molecular flexibility index (Phi) is 5.36. The molecule has 0 saturated carbocycles. The number of carbonyl (C=O) groups is 1. The van der Waals surface area contributed by atoms with Gasteiger partial charge in [-0.25, -0.2) is 0 Å². The van der Waals surface area contributed by atoms with E-state index in [1.165, 1.54) is 6.08 Å². The van der Waals surface area contributed by atoms with Gasteiger partial charge in [-0.3, -0.25) is 9.48 Å². The Hall–Kier alpha value is -1.40. The monoisotopic (exact) mass is 412 g/mol. The molecule has 110 valence electrons. The topological polar surface area (TPSA) is 44.1 Å². The van der Waals surface area contributed by atoms with Gasteiger partial charge in [-0.2, -0.15) is 5.10 Å². The number of hydrogen-bond acceptors (Lipinski definition) is 3. The van der Waals surface area contributed by atoms with Gasteiger partial charge in [0, 0.05) is 16.6 Å². The normalized spacial score (nSPS) is 11.0. The molecule has 0 fully saturated rings. The number of aromatic nitrogens is 2. The SMILES string of the molecule is CCn1ncc(Br)c1C(=O)/C=C/c1cc(Br)ccc1OC. The Morgan fingerprint density at radius 3 is 2.86 bits per heavy atom. The Morgan fingerprint density at radius 1 is 1.43 bits per heavy atom. The van der Waals surface area contributed by atoms with Crippen LogP contribution in [-0.2, 0) is 6.54 Å². The number of allylic oxidation sites excluding steroid dienone is 1. The number of hydrogen-bond donors (Lipinski definition) is 0. The molecule has 0 aliphatic rings. The summed E-state index contributed by atoms with van der Waals surface area (Å²) in [7, 11) is 1.60. The van der Waals surface area contributed by atoms with Gasteiger partial charge in [-0.15, -0.1) is 0 Å². The average Bonchev–Trinajstić information content (AvgIpc) is 2.86. The van der Waals surface area contributed by atoms with Crippen LogP contribution in [0, 0.1) is 0 Å². The highest BCUT2D eigenvalue weighted by Crippen LogP contribution is 2.25. The van der Waals surface area contributed by atoms with E-state index in [9.17, 15) is 4.79 Å². The van der Waals surface area contributed by atoms with E-state index >= 15 is 0 Å². The van der Waals surface area contributed by atoms with E-state index in [0.717, 1.165) is 10.0 Å². The highest BCUT2D eigenvalue weighted by Gasteiger charge is 2.14. The molecule has 2 aromatic rings. The molecular formula is C15H14Br2N2O2. The lowest BCUT2D eigenvalue weighted by atomic mass is 10.1. The van der Waals surface area contributed by atoms with Gasteiger partial charge in [-0.05, 0) is 53.2 Å². The minimum absolute atomic E-state index is 0.108. The van der Waals surface area contributed by atoms with Gasteiger partial charge < -0.3 is 4.74 Å². The van der Waals surface area contributed by atoms with Crippen LogP contribution < -0.4 is 4.74 Å². The van der Waals surface area contributed by atoms with Crippen molar-refractivity contribution in [2.75, 3.05) is 7.11 Å². The molecule has 1 aromatic carbocycles. The van der Waals surface area contributed by atoms with E-state index in [-0.39, 0.29) is 5.78 Å². The third-order valence-electron chi connectivity index (χ3n) is 2.93. The van der Waals surface area contributed by atoms with E-state index in [1.54, 1.807) is 24.1 Å². The van der Waals surface area contributed by atoms with Crippen LogP contribution in [0.3, 0.4) is 0 Å². The third kappa shape index (κ3) is 3.63. The van der Waals surface area contributed by atoms with Gasteiger partial charge in [-0.1, -0.05) is 15.9 Å². The molecule has 0 N–H and O–H groups in total.